The zero-order chi connectivity index (χ0) is 20.7. The van der Waals surface area contributed by atoms with Crippen LogP contribution in [0, 0.1) is 0 Å². The Kier molecular flexibility index (Phi) is 4.83. The molecule has 2 fully saturated rings. The number of carbonyl (C=O) groups excluding carboxylic acids is 3. The standard InChI is InChI=1S/C23H21N3O3S/c27-20-8-9-21(28)26(20)17-5-3-4-16(14-17)23(29)25-12-10-15(11-13-25)22-24-18-6-1-2-7-19(18)30-22/h1-7,14-15H,8-13H2. The number of aromatic nitrogens is 1. The van der Waals surface area contributed by atoms with Gasteiger partial charge in [0, 0.05) is 37.4 Å². The van der Waals surface area contributed by atoms with E-state index < -0.39 is 0 Å². The molecule has 2 aliphatic rings. The van der Waals surface area contributed by atoms with Crippen LogP contribution in [-0.2, 0) is 9.59 Å². The van der Waals surface area contributed by atoms with E-state index in [0.29, 0.717) is 30.3 Å². The molecule has 6 nitrogen and oxygen atoms in total. The molecule has 152 valence electrons. The lowest BCUT2D eigenvalue weighted by molar-refractivity contribution is -0.121. The van der Waals surface area contributed by atoms with Crippen LogP contribution >= 0.6 is 11.3 Å². The second-order valence-electron chi connectivity index (χ2n) is 7.76. The van der Waals surface area contributed by atoms with E-state index in [2.05, 4.69) is 6.07 Å². The second kappa shape index (κ2) is 7.65. The Labute approximate surface area is 178 Å². The summed E-state index contributed by atoms with van der Waals surface area (Å²) in [5.74, 6) is -0.0983. The van der Waals surface area contributed by atoms with E-state index in [0.717, 1.165) is 23.4 Å². The molecule has 0 N–H and O–H groups in total. The van der Waals surface area contributed by atoms with Gasteiger partial charge in [0.05, 0.1) is 20.9 Å². The minimum Gasteiger partial charge on any atom is -0.339 e. The molecule has 1 aromatic heterocycles. The fourth-order valence-electron chi connectivity index (χ4n) is 4.22. The van der Waals surface area contributed by atoms with Gasteiger partial charge < -0.3 is 4.90 Å². The van der Waals surface area contributed by atoms with Crippen LogP contribution < -0.4 is 4.90 Å². The normalized spacial score (nSPS) is 17.9. The predicted octanol–water partition coefficient (Wildman–Crippen LogP) is 3.97. The number of hydrogen-bond donors (Lipinski definition) is 0. The van der Waals surface area contributed by atoms with Crippen LogP contribution in [0.25, 0.3) is 10.2 Å². The molecule has 3 aromatic rings. The van der Waals surface area contributed by atoms with Gasteiger partial charge in [-0.2, -0.15) is 0 Å². The molecule has 2 aliphatic heterocycles. The van der Waals surface area contributed by atoms with Crippen LogP contribution in [0.5, 0.6) is 0 Å². The van der Waals surface area contributed by atoms with E-state index in [-0.39, 0.29) is 30.6 Å². The molecule has 0 saturated carbocycles. The van der Waals surface area contributed by atoms with Crippen molar-refractivity contribution in [3.05, 3.63) is 59.1 Å². The molecule has 2 saturated heterocycles. The Hall–Kier alpha value is -3.06. The topological polar surface area (TPSA) is 70.6 Å². The first-order valence-electron chi connectivity index (χ1n) is 10.2. The SMILES string of the molecule is O=C(c1cccc(N2C(=O)CCC2=O)c1)N1CCC(c2nc3ccccc3s2)CC1. The van der Waals surface area contributed by atoms with E-state index in [4.69, 9.17) is 4.98 Å². The molecule has 5 rings (SSSR count). The predicted molar refractivity (Wildman–Crippen MR) is 116 cm³/mol. The number of anilines is 1. The summed E-state index contributed by atoms with van der Waals surface area (Å²) in [4.78, 5) is 44.9. The molecule has 0 radical (unpaired) electrons. The third-order valence-corrected chi connectivity index (χ3v) is 7.04. The fourth-order valence-corrected chi connectivity index (χ4v) is 5.36. The third-order valence-electron chi connectivity index (χ3n) is 5.84. The summed E-state index contributed by atoms with van der Waals surface area (Å²) in [5.41, 5.74) is 2.04. The van der Waals surface area contributed by atoms with Gasteiger partial charge in [-0.3, -0.25) is 19.3 Å². The van der Waals surface area contributed by atoms with Gasteiger partial charge in [0.2, 0.25) is 11.8 Å². The number of likely N-dealkylation sites (tertiary alicyclic amines) is 1. The summed E-state index contributed by atoms with van der Waals surface area (Å²) in [6.07, 6.45) is 2.23. The largest absolute Gasteiger partial charge is 0.339 e. The maximum Gasteiger partial charge on any atom is 0.253 e. The second-order valence-corrected chi connectivity index (χ2v) is 8.82. The molecule has 0 aliphatic carbocycles. The molecule has 0 unspecified atom stereocenters. The quantitative estimate of drug-likeness (QED) is 0.603. The van der Waals surface area contributed by atoms with Crippen molar-refractivity contribution in [1.82, 2.24) is 9.88 Å². The van der Waals surface area contributed by atoms with E-state index in [1.54, 1.807) is 35.6 Å². The lowest BCUT2D eigenvalue weighted by atomic mass is 9.97. The van der Waals surface area contributed by atoms with Gasteiger partial charge in [0.25, 0.3) is 5.91 Å². The minimum atomic E-state index is -0.207. The van der Waals surface area contributed by atoms with Gasteiger partial charge in [-0.25, -0.2) is 4.98 Å². The first kappa shape index (κ1) is 18.9. The van der Waals surface area contributed by atoms with Gasteiger partial charge in [0.15, 0.2) is 0 Å². The zero-order valence-electron chi connectivity index (χ0n) is 16.4. The molecule has 0 bridgehead atoms. The van der Waals surface area contributed by atoms with Gasteiger partial charge in [0.1, 0.15) is 0 Å². The van der Waals surface area contributed by atoms with Crippen molar-refractivity contribution in [2.75, 3.05) is 18.0 Å². The van der Waals surface area contributed by atoms with Crippen LogP contribution in [0.1, 0.15) is 47.0 Å². The summed E-state index contributed by atoms with van der Waals surface area (Å²) in [7, 11) is 0. The summed E-state index contributed by atoms with van der Waals surface area (Å²) in [6.45, 7) is 1.34. The van der Waals surface area contributed by atoms with E-state index in [1.165, 1.54) is 9.60 Å². The number of hydrogen-bond acceptors (Lipinski definition) is 5. The van der Waals surface area contributed by atoms with Crippen molar-refractivity contribution >= 4 is 45.0 Å². The van der Waals surface area contributed by atoms with Gasteiger partial charge >= 0.3 is 0 Å². The number of nitrogens with zero attached hydrogens (tertiary/aromatic N) is 3. The number of para-hydroxylation sites is 1. The number of fused-ring (bicyclic) bond motifs is 1. The van der Waals surface area contributed by atoms with Crippen LogP contribution in [0.3, 0.4) is 0 Å². The van der Waals surface area contributed by atoms with Gasteiger partial charge in [-0.05, 0) is 43.2 Å². The van der Waals surface area contributed by atoms with E-state index in [9.17, 15) is 14.4 Å². The highest BCUT2D eigenvalue weighted by atomic mass is 32.1. The summed E-state index contributed by atoms with van der Waals surface area (Å²) in [6, 6.07) is 15.0. The van der Waals surface area contributed by atoms with Crippen molar-refractivity contribution < 1.29 is 14.4 Å². The maximum absolute atomic E-state index is 13.0. The monoisotopic (exact) mass is 419 g/mol. The number of carbonyl (C=O) groups is 3. The average Bonchev–Trinajstić information content (AvgIpc) is 3.36. The molecule has 2 aromatic carbocycles. The summed E-state index contributed by atoms with van der Waals surface area (Å²) >= 11 is 1.74. The van der Waals surface area contributed by atoms with Crippen molar-refractivity contribution in [3.8, 4) is 0 Å². The van der Waals surface area contributed by atoms with E-state index in [1.807, 2.05) is 23.1 Å². The molecular weight excluding hydrogens is 398 g/mol. The number of amides is 3. The average molecular weight is 420 g/mol. The smallest absolute Gasteiger partial charge is 0.253 e. The van der Waals surface area contributed by atoms with Crippen molar-refractivity contribution in [2.24, 2.45) is 0 Å². The highest BCUT2D eigenvalue weighted by molar-refractivity contribution is 7.18. The Balaban J connectivity index is 1.28. The fraction of sp³-hybridized carbons (Fsp3) is 0.304. The highest BCUT2D eigenvalue weighted by Gasteiger charge is 2.31. The zero-order valence-corrected chi connectivity index (χ0v) is 17.2. The molecule has 30 heavy (non-hydrogen) atoms. The van der Waals surface area contributed by atoms with Gasteiger partial charge in [-0.1, -0.05) is 18.2 Å². The number of piperidine rings is 1. The summed E-state index contributed by atoms with van der Waals surface area (Å²) in [5, 5.41) is 1.15. The first-order chi connectivity index (χ1) is 14.6. The van der Waals surface area contributed by atoms with Crippen molar-refractivity contribution in [3.63, 3.8) is 0 Å². The summed E-state index contributed by atoms with van der Waals surface area (Å²) < 4.78 is 1.20. The lowest BCUT2D eigenvalue weighted by Gasteiger charge is -2.31. The van der Waals surface area contributed by atoms with Crippen LogP contribution in [0.15, 0.2) is 48.5 Å². The van der Waals surface area contributed by atoms with Gasteiger partial charge in [-0.15, -0.1) is 11.3 Å². The molecule has 0 atom stereocenters. The Bertz CT molecular complexity index is 1100. The minimum absolute atomic E-state index is 0.0568. The molecule has 3 amide bonds. The number of benzene rings is 2. The van der Waals surface area contributed by atoms with Crippen LogP contribution in [0.4, 0.5) is 5.69 Å². The third kappa shape index (κ3) is 3.39. The number of thiazole rings is 1. The Morgan fingerprint density at radius 1 is 0.967 bits per heavy atom. The molecule has 3 heterocycles. The number of rotatable bonds is 3. The van der Waals surface area contributed by atoms with Crippen LogP contribution in [0.2, 0.25) is 0 Å². The Morgan fingerprint density at radius 2 is 1.70 bits per heavy atom. The van der Waals surface area contributed by atoms with Crippen molar-refractivity contribution in [2.45, 2.75) is 31.6 Å². The van der Waals surface area contributed by atoms with Crippen molar-refractivity contribution in [1.29, 1.82) is 0 Å². The Morgan fingerprint density at radius 3 is 2.43 bits per heavy atom. The maximum atomic E-state index is 13.0. The highest BCUT2D eigenvalue weighted by Crippen LogP contribution is 2.34. The molecule has 7 heteroatoms. The first-order valence-corrected chi connectivity index (χ1v) is 11.0. The lowest BCUT2D eigenvalue weighted by Crippen LogP contribution is -2.38. The van der Waals surface area contributed by atoms with Crippen LogP contribution in [-0.4, -0.2) is 40.7 Å². The molecule has 0 spiro atoms. The number of imide groups is 1. The molecular formula is C23H21N3O3S. The van der Waals surface area contributed by atoms with E-state index >= 15 is 0 Å².